The zero-order chi connectivity index (χ0) is 28.3. The first-order valence-corrected chi connectivity index (χ1v) is 13.5. The zero-order valence-corrected chi connectivity index (χ0v) is 23.1. The highest BCUT2D eigenvalue weighted by atomic mass is 16.6. The molecule has 214 valence electrons. The lowest BCUT2D eigenvalue weighted by atomic mass is 9.97. The molecule has 40 heavy (non-hydrogen) atoms. The summed E-state index contributed by atoms with van der Waals surface area (Å²) in [6, 6.07) is 8.52. The van der Waals surface area contributed by atoms with E-state index in [1.807, 2.05) is 0 Å². The van der Waals surface area contributed by atoms with Crippen LogP contribution in [-0.2, 0) is 30.2 Å². The highest BCUT2D eigenvalue weighted by molar-refractivity contribution is 6.13. The smallest absolute Gasteiger partial charge is 0.253 e. The average molecular weight is 552 g/mol. The highest BCUT2D eigenvalue weighted by Gasteiger charge is 2.24. The number of hydrogen-bond acceptors (Lipinski definition) is 10. The number of imide groups is 1. The fourth-order valence-electron chi connectivity index (χ4n) is 4.74. The Morgan fingerprint density at radius 2 is 1.70 bits per heavy atom. The number of benzene rings is 2. The molecule has 2 aliphatic heterocycles. The van der Waals surface area contributed by atoms with Crippen molar-refractivity contribution in [2.45, 2.75) is 13.3 Å². The highest BCUT2D eigenvalue weighted by Crippen LogP contribution is 2.40. The van der Waals surface area contributed by atoms with Crippen molar-refractivity contribution in [3.05, 3.63) is 59.4 Å². The van der Waals surface area contributed by atoms with Gasteiger partial charge in [-0.15, -0.1) is 0 Å². The van der Waals surface area contributed by atoms with Crippen LogP contribution in [-0.4, -0.2) is 89.6 Å². The van der Waals surface area contributed by atoms with E-state index in [1.54, 1.807) is 0 Å². The van der Waals surface area contributed by atoms with Gasteiger partial charge in [-0.1, -0.05) is 18.2 Å². The normalized spacial score (nSPS) is 14.9. The van der Waals surface area contributed by atoms with Crippen LogP contribution in [0, 0.1) is 12.5 Å². The number of ether oxygens (including phenoxy) is 4. The molecule has 0 saturated carbocycles. The van der Waals surface area contributed by atoms with Crippen molar-refractivity contribution in [2.24, 2.45) is 5.11 Å². The number of rotatable bonds is 17. The van der Waals surface area contributed by atoms with Gasteiger partial charge in [0.15, 0.2) is 0 Å². The number of nitrogens with zero attached hydrogens (tertiary/aromatic N) is 3. The van der Waals surface area contributed by atoms with Gasteiger partial charge in [0.05, 0.1) is 51.9 Å². The molecule has 2 amide bonds. The largest absolute Gasteiger partial charge is 0.490 e. The number of carbonyl (C=O) groups is 2. The first-order valence-electron chi connectivity index (χ1n) is 13.5. The molecular weight excluding hydrogens is 514 g/mol. The summed E-state index contributed by atoms with van der Waals surface area (Å²) in [5.41, 5.74) is 11.4. The van der Waals surface area contributed by atoms with Gasteiger partial charge in [-0.3, -0.25) is 14.5 Å². The van der Waals surface area contributed by atoms with E-state index in [-0.39, 0.29) is 12.2 Å². The molecule has 0 saturated heterocycles. The summed E-state index contributed by atoms with van der Waals surface area (Å²) in [5.74, 6) is 0.0782. The second-order valence-electron chi connectivity index (χ2n) is 9.52. The number of amides is 2. The lowest BCUT2D eigenvalue weighted by molar-refractivity contribution is -0.136. The second-order valence-corrected chi connectivity index (χ2v) is 9.52. The molecule has 0 fully saturated rings. The minimum absolute atomic E-state index is 0.0493. The first-order chi connectivity index (χ1) is 19.5. The molecule has 0 radical (unpaired) electrons. The summed E-state index contributed by atoms with van der Waals surface area (Å²) in [6.07, 6.45) is 4.96. The third-order valence-corrected chi connectivity index (χ3v) is 6.78. The molecule has 2 aliphatic rings. The summed E-state index contributed by atoms with van der Waals surface area (Å²) >= 11 is 0. The fourth-order valence-corrected chi connectivity index (χ4v) is 4.74. The van der Waals surface area contributed by atoms with Crippen molar-refractivity contribution >= 4 is 28.3 Å². The van der Waals surface area contributed by atoms with Gasteiger partial charge in [0.1, 0.15) is 12.4 Å². The van der Waals surface area contributed by atoms with Crippen LogP contribution < -0.4 is 15.0 Å². The molecule has 2 N–H and O–H groups in total. The molecule has 11 heteroatoms. The van der Waals surface area contributed by atoms with Gasteiger partial charge in [-0.2, -0.15) is 5.11 Å². The van der Waals surface area contributed by atoms with E-state index in [2.05, 4.69) is 53.6 Å². The van der Waals surface area contributed by atoms with Crippen molar-refractivity contribution < 1.29 is 28.5 Å². The van der Waals surface area contributed by atoms with E-state index in [0.29, 0.717) is 52.8 Å². The van der Waals surface area contributed by atoms with Gasteiger partial charge in [-0.25, -0.2) is 5.53 Å². The predicted molar refractivity (Wildman–Crippen MR) is 151 cm³/mol. The van der Waals surface area contributed by atoms with E-state index in [9.17, 15) is 9.59 Å². The van der Waals surface area contributed by atoms with Crippen molar-refractivity contribution in [3.63, 3.8) is 0 Å². The first kappa shape index (κ1) is 29.2. The van der Waals surface area contributed by atoms with Crippen LogP contribution in [0.4, 0.5) is 5.69 Å². The summed E-state index contributed by atoms with van der Waals surface area (Å²) in [6.45, 7) is 6.81. The molecule has 0 aromatic heterocycles. The number of hydrogen-bond donors (Lipinski definition) is 2. The number of likely N-dealkylation sites (N-methyl/N-ethyl adjacent to an activating group) is 1. The Bertz CT molecular complexity index is 1260. The van der Waals surface area contributed by atoms with Gasteiger partial charge in [0.25, 0.3) is 11.8 Å². The Balaban J connectivity index is 1.03. The Kier molecular flexibility index (Phi) is 10.6. The van der Waals surface area contributed by atoms with E-state index >= 15 is 0 Å². The quantitative estimate of drug-likeness (QED) is 0.175. The van der Waals surface area contributed by atoms with E-state index < -0.39 is 11.8 Å². The Morgan fingerprint density at radius 3 is 2.40 bits per heavy atom. The molecule has 0 spiro atoms. The van der Waals surface area contributed by atoms with Crippen LogP contribution >= 0.6 is 0 Å². The molecule has 0 atom stereocenters. The standard InChI is InChI=1S/C29H37N5O6/c1-21-4-3-5-24-26(18-25-23(29(21)24)8-10-33(25)2)40-17-16-39-15-14-38-13-12-37-11-9-31-19-22(32-30)20-34-27(35)6-7-28(34)36/h3-7,18-19,30-31H,8-17,20H2,1-2H3/b22-19-,32-30?. The van der Waals surface area contributed by atoms with E-state index in [1.165, 1.54) is 40.6 Å². The Hall–Kier alpha value is -3.80. The van der Waals surface area contributed by atoms with Gasteiger partial charge in [0.2, 0.25) is 0 Å². The van der Waals surface area contributed by atoms with Gasteiger partial charge < -0.3 is 29.2 Å². The summed E-state index contributed by atoms with van der Waals surface area (Å²) in [4.78, 5) is 26.5. The van der Waals surface area contributed by atoms with E-state index in [0.717, 1.165) is 29.0 Å². The Morgan fingerprint density at radius 1 is 1.02 bits per heavy atom. The maximum absolute atomic E-state index is 11.6. The van der Waals surface area contributed by atoms with Gasteiger partial charge in [0, 0.05) is 55.6 Å². The van der Waals surface area contributed by atoms with Crippen molar-refractivity contribution in [2.75, 3.05) is 77.8 Å². The zero-order valence-electron chi connectivity index (χ0n) is 23.1. The lowest BCUT2D eigenvalue weighted by Gasteiger charge is -2.17. The maximum atomic E-state index is 11.6. The van der Waals surface area contributed by atoms with Gasteiger partial charge >= 0.3 is 0 Å². The fraction of sp³-hybridized carbons (Fsp3) is 0.448. The molecule has 2 heterocycles. The summed E-state index contributed by atoms with van der Waals surface area (Å²) < 4.78 is 22.8. The molecule has 0 aliphatic carbocycles. The maximum Gasteiger partial charge on any atom is 0.253 e. The van der Waals surface area contributed by atoms with Crippen molar-refractivity contribution in [1.82, 2.24) is 10.2 Å². The summed E-state index contributed by atoms with van der Waals surface area (Å²) in [7, 11) is 2.12. The number of carbonyl (C=O) groups excluding carboxylic acids is 2. The van der Waals surface area contributed by atoms with Crippen LogP contribution in [0.15, 0.2) is 53.4 Å². The number of fused-ring (bicyclic) bond motifs is 3. The topological polar surface area (TPSA) is 126 Å². The molecule has 2 aromatic carbocycles. The molecular formula is C29H37N5O6. The monoisotopic (exact) mass is 551 g/mol. The predicted octanol–water partition coefficient (Wildman–Crippen LogP) is 2.96. The Labute approximate surface area is 234 Å². The molecule has 2 aromatic rings. The number of nitrogens with one attached hydrogen (secondary N) is 2. The second kappa shape index (κ2) is 14.5. The summed E-state index contributed by atoms with van der Waals surface area (Å²) in [5, 5.41) is 8.78. The lowest BCUT2D eigenvalue weighted by Crippen LogP contribution is -2.32. The number of aryl methyl sites for hydroxylation is 1. The van der Waals surface area contributed by atoms with Crippen molar-refractivity contribution in [1.29, 1.82) is 5.53 Å². The minimum Gasteiger partial charge on any atom is -0.490 e. The average Bonchev–Trinajstić information content (AvgIpc) is 3.48. The molecule has 0 unspecified atom stereocenters. The third kappa shape index (κ3) is 7.44. The number of anilines is 1. The van der Waals surface area contributed by atoms with Crippen LogP contribution in [0.2, 0.25) is 0 Å². The van der Waals surface area contributed by atoms with Crippen LogP contribution in [0.3, 0.4) is 0 Å². The minimum atomic E-state index is -0.409. The molecule has 11 nitrogen and oxygen atoms in total. The van der Waals surface area contributed by atoms with E-state index in [4.69, 9.17) is 24.5 Å². The molecule has 4 rings (SSSR count). The SMILES string of the molecule is Cc1cccc2c(OCCOCCOCCOCCN/C=C(/CN3C(=O)C=CC3=O)N=N)cc3c(c12)CCN3C. The third-order valence-electron chi connectivity index (χ3n) is 6.78. The van der Waals surface area contributed by atoms with Crippen LogP contribution in [0.5, 0.6) is 5.75 Å². The van der Waals surface area contributed by atoms with Gasteiger partial charge in [-0.05, 0) is 29.9 Å². The van der Waals surface area contributed by atoms with Crippen molar-refractivity contribution in [3.8, 4) is 5.75 Å². The molecule has 0 bridgehead atoms. The van der Waals surface area contributed by atoms with Crippen LogP contribution in [0.25, 0.3) is 10.8 Å². The van der Waals surface area contributed by atoms with Crippen LogP contribution in [0.1, 0.15) is 11.1 Å².